The smallest absolute Gasteiger partial charge is 0.162 e. The molecule has 2 rings (SSSR count). The average molecular weight is 193 g/mol. The number of hydrogen-bond acceptors (Lipinski definition) is 3. The second-order valence-electron chi connectivity index (χ2n) is 3.18. The third-order valence-corrected chi connectivity index (χ3v) is 2.19. The van der Waals surface area contributed by atoms with E-state index in [1.807, 2.05) is 6.07 Å². The lowest BCUT2D eigenvalue weighted by Gasteiger charge is -2.14. The second kappa shape index (κ2) is 4.33. The summed E-state index contributed by atoms with van der Waals surface area (Å²) in [7, 11) is 1.63. The van der Waals surface area contributed by atoms with Crippen LogP contribution in [0.3, 0.4) is 0 Å². The van der Waals surface area contributed by atoms with Crippen LogP contribution in [0.2, 0.25) is 0 Å². The first kappa shape index (κ1) is 9.34. The SMILES string of the molecule is COc1cc[c]cc1OC1CCOC1. The molecule has 1 aromatic carbocycles. The van der Waals surface area contributed by atoms with E-state index >= 15 is 0 Å². The molecule has 0 aliphatic carbocycles. The molecule has 1 radical (unpaired) electrons. The standard InChI is InChI=1S/C11H13O3/c1-12-10-4-2-3-5-11(10)14-9-6-7-13-8-9/h2,4-5,9H,6-8H2,1H3. The Labute approximate surface area is 83.6 Å². The van der Waals surface area contributed by atoms with Crippen molar-refractivity contribution < 1.29 is 14.2 Å². The molecule has 0 bridgehead atoms. The molecule has 0 N–H and O–H groups in total. The van der Waals surface area contributed by atoms with Crippen LogP contribution in [0.1, 0.15) is 6.42 Å². The lowest BCUT2D eigenvalue weighted by molar-refractivity contribution is 0.138. The summed E-state index contributed by atoms with van der Waals surface area (Å²) < 4.78 is 16.1. The molecule has 1 heterocycles. The van der Waals surface area contributed by atoms with Gasteiger partial charge in [-0.1, -0.05) is 6.07 Å². The zero-order valence-corrected chi connectivity index (χ0v) is 8.16. The van der Waals surface area contributed by atoms with Crippen LogP contribution in [0.4, 0.5) is 0 Å². The van der Waals surface area contributed by atoms with Gasteiger partial charge >= 0.3 is 0 Å². The van der Waals surface area contributed by atoms with Crippen molar-refractivity contribution in [1.29, 1.82) is 0 Å². The van der Waals surface area contributed by atoms with Crippen LogP contribution in [0.25, 0.3) is 0 Å². The van der Waals surface area contributed by atoms with Crippen molar-refractivity contribution in [3.8, 4) is 11.5 Å². The van der Waals surface area contributed by atoms with Gasteiger partial charge in [0.15, 0.2) is 11.5 Å². The Hall–Kier alpha value is -1.22. The first-order valence-electron chi connectivity index (χ1n) is 4.68. The number of benzene rings is 1. The molecule has 1 unspecified atom stereocenters. The van der Waals surface area contributed by atoms with Crippen LogP contribution in [0.5, 0.6) is 11.5 Å². The van der Waals surface area contributed by atoms with Gasteiger partial charge in [-0.25, -0.2) is 0 Å². The molecule has 1 aliphatic rings. The van der Waals surface area contributed by atoms with Gasteiger partial charge in [-0.05, 0) is 18.2 Å². The molecule has 1 aromatic rings. The third-order valence-electron chi connectivity index (χ3n) is 2.19. The fourth-order valence-corrected chi connectivity index (χ4v) is 1.45. The topological polar surface area (TPSA) is 27.7 Å². The molecule has 3 heteroatoms. The van der Waals surface area contributed by atoms with Crippen LogP contribution >= 0.6 is 0 Å². The largest absolute Gasteiger partial charge is 0.493 e. The van der Waals surface area contributed by atoms with Crippen LogP contribution in [0.15, 0.2) is 18.2 Å². The Balaban J connectivity index is 2.07. The highest BCUT2D eigenvalue weighted by atomic mass is 16.6. The van der Waals surface area contributed by atoms with E-state index < -0.39 is 0 Å². The number of hydrogen-bond donors (Lipinski definition) is 0. The minimum atomic E-state index is 0.152. The fraction of sp³-hybridized carbons (Fsp3) is 0.455. The molecule has 75 valence electrons. The molecule has 0 amide bonds. The van der Waals surface area contributed by atoms with E-state index in [0.717, 1.165) is 24.5 Å². The van der Waals surface area contributed by atoms with Gasteiger partial charge in [-0.2, -0.15) is 0 Å². The molecular weight excluding hydrogens is 180 g/mol. The molecule has 0 saturated carbocycles. The number of rotatable bonds is 3. The van der Waals surface area contributed by atoms with Crippen molar-refractivity contribution >= 4 is 0 Å². The van der Waals surface area contributed by atoms with Crippen molar-refractivity contribution in [1.82, 2.24) is 0 Å². The van der Waals surface area contributed by atoms with Gasteiger partial charge in [0.2, 0.25) is 0 Å². The van der Waals surface area contributed by atoms with Crippen molar-refractivity contribution in [3.05, 3.63) is 24.3 Å². The molecule has 1 atom stereocenters. The third kappa shape index (κ3) is 1.99. The van der Waals surface area contributed by atoms with E-state index in [1.165, 1.54) is 0 Å². The first-order chi connectivity index (χ1) is 6.90. The van der Waals surface area contributed by atoms with Crippen molar-refractivity contribution in [3.63, 3.8) is 0 Å². The summed E-state index contributed by atoms with van der Waals surface area (Å²) >= 11 is 0. The van der Waals surface area contributed by atoms with Crippen molar-refractivity contribution in [2.75, 3.05) is 20.3 Å². The average Bonchev–Trinajstić information content (AvgIpc) is 2.71. The summed E-state index contributed by atoms with van der Waals surface area (Å²) in [6.45, 7) is 1.45. The monoisotopic (exact) mass is 193 g/mol. The lowest BCUT2D eigenvalue weighted by atomic mass is 10.3. The van der Waals surface area contributed by atoms with Crippen molar-refractivity contribution in [2.45, 2.75) is 12.5 Å². The Kier molecular flexibility index (Phi) is 2.89. The lowest BCUT2D eigenvalue weighted by Crippen LogP contribution is -2.16. The maximum Gasteiger partial charge on any atom is 0.162 e. The zero-order valence-electron chi connectivity index (χ0n) is 8.16. The summed E-state index contributed by atoms with van der Waals surface area (Å²) in [5.74, 6) is 1.49. The van der Waals surface area contributed by atoms with Crippen LogP contribution in [-0.4, -0.2) is 26.4 Å². The molecule has 1 saturated heterocycles. The Bertz CT molecular complexity index is 292. The molecule has 0 spiro atoms. The summed E-state index contributed by atoms with van der Waals surface area (Å²) in [6, 6.07) is 8.39. The summed E-state index contributed by atoms with van der Waals surface area (Å²) in [5.41, 5.74) is 0. The van der Waals surface area contributed by atoms with Crippen molar-refractivity contribution in [2.24, 2.45) is 0 Å². The quantitative estimate of drug-likeness (QED) is 0.730. The molecule has 1 aliphatic heterocycles. The second-order valence-corrected chi connectivity index (χ2v) is 3.18. The van der Waals surface area contributed by atoms with Gasteiger partial charge in [-0.3, -0.25) is 0 Å². The van der Waals surface area contributed by atoms with Crippen LogP contribution < -0.4 is 9.47 Å². The predicted octanol–water partition coefficient (Wildman–Crippen LogP) is 1.66. The Morgan fingerprint density at radius 3 is 3.14 bits per heavy atom. The van der Waals surface area contributed by atoms with E-state index in [2.05, 4.69) is 6.07 Å². The summed E-state index contributed by atoms with van der Waals surface area (Å²) in [6.07, 6.45) is 1.10. The van der Waals surface area contributed by atoms with E-state index in [4.69, 9.17) is 14.2 Å². The van der Waals surface area contributed by atoms with Gasteiger partial charge in [0, 0.05) is 6.42 Å². The number of ether oxygens (including phenoxy) is 3. The molecule has 0 aromatic heterocycles. The van der Waals surface area contributed by atoms with E-state index in [1.54, 1.807) is 19.2 Å². The first-order valence-corrected chi connectivity index (χ1v) is 4.68. The van der Waals surface area contributed by atoms with Crippen LogP contribution in [-0.2, 0) is 4.74 Å². The van der Waals surface area contributed by atoms with Gasteiger partial charge in [0.05, 0.1) is 20.3 Å². The molecule has 3 nitrogen and oxygen atoms in total. The Morgan fingerprint density at radius 2 is 2.43 bits per heavy atom. The highest BCUT2D eigenvalue weighted by Crippen LogP contribution is 2.27. The zero-order chi connectivity index (χ0) is 9.80. The normalized spacial score (nSPS) is 20.8. The van der Waals surface area contributed by atoms with Crippen LogP contribution in [0, 0.1) is 6.07 Å². The van der Waals surface area contributed by atoms with Gasteiger partial charge in [0.1, 0.15) is 6.10 Å². The summed E-state index contributed by atoms with van der Waals surface area (Å²) in [4.78, 5) is 0. The minimum Gasteiger partial charge on any atom is -0.493 e. The molecule has 14 heavy (non-hydrogen) atoms. The maximum atomic E-state index is 5.72. The van der Waals surface area contributed by atoms with Gasteiger partial charge in [-0.15, -0.1) is 0 Å². The highest BCUT2D eigenvalue weighted by molar-refractivity contribution is 5.39. The summed E-state index contributed by atoms with van der Waals surface area (Å²) in [5, 5.41) is 0. The minimum absolute atomic E-state index is 0.152. The van der Waals surface area contributed by atoms with E-state index in [9.17, 15) is 0 Å². The predicted molar refractivity (Wildman–Crippen MR) is 51.7 cm³/mol. The maximum absolute atomic E-state index is 5.72. The molecular formula is C11H13O3. The van der Waals surface area contributed by atoms with E-state index in [0.29, 0.717) is 6.61 Å². The van der Waals surface area contributed by atoms with Gasteiger partial charge in [0.25, 0.3) is 0 Å². The fourth-order valence-electron chi connectivity index (χ4n) is 1.45. The highest BCUT2D eigenvalue weighted by Gasteiger charge is 2.18. The van der Waals surface area contributed by atoms with Gasteiger partial charge < -0.3 is 14.2 Å². The van der Waals surface area contributed by atoms with E-state index in [-0.39, 0.29) is 6.10 Å². The number of methoxy groups -OCH3 is 1. The Morgan fingerprint density at radius 1 is 1.50 bits per heavy atom. The molecule has 1 fully saturated rings.